The number of hydrogen-bond donors (Lipinski definition) is 0. The van der Waals surface area contributed by atoms with Crippen LogP contribution in [0.15, 0.2) is 17.1 Å². The van der Waals surface area contributed by atoms with Gasteiger partial charge in [0.05, 0.1) is 19.1 Å². The van der Waals surface area contributed by atoms with Gasteiger partial charge in [-0.05, 0) is 31.9 Å². The Morgan fingerprint density at radius 3 is 2.56 bits per heavy atom. The molecule has 1 aromatic carbocycles. The van der Waals surface area contributed by atoms with Gasteiger partial charge in [0.15, 0.2) is 0 Å². The van der Waals surface area contributed by atoms with Crippen LogP contribution in [0.25, 0.3) is 0 Å². The molecule has 88 valence electrons. The van der Waals surface area contributed by atoms with Crippen LogP contribution in [0, 0.1) is 13.8 Å². The molecule has 0 radical (unpaired) electrons. The first-order valence-electron chi connectivity index (χ1n) is 5.48. The quantitative estimate of drug-likeness (QED) is 0.575. The molecule has 3 heteroatoms. The Balaban J connectivity index is 3.00. The normalized spacial score (nSPS) is 10.8. The number of methoxy groups -OCH3 is 1. The highest BCUT2D eigenvalue weighted by Gasteiger charge is 2.03. The maximum atomic E-state index is 5.29. The molecule has 0 N–H and O–H groups in total. The Morgan fingerprint density at radius 2 is 2.00 bits per heavy atom. The first kappa shape index (κ1) is 12.6. The van der Waals surface area contributed by atoms with Gasteiger partial charge in [-0.25, -0.2) is 4.99 Å². The van der Waals surface area contributed by atoms with E-state index in [0.717, 1.165) is 23.5 Å². The first-order valence-corrected chi connectivity index (χ1v) is 5.48. The number of rotatable bonds is 4. The molecular weight excluding hydrogens is 200 g/mol. The van der Waals surface area contributed by atoms with Gasteiger partial charge in [-0.15, -0.1) is 0 Å². The third kappa shape index (κ3) is 2.99. The Kier molecular flexibility index (Phi) is 4.35. The maximum Gasteiger partial charge on any atom is 0.123 e. The zero-order valence-corrected chi connectivity index (χ0v) is 10.7. The molecule has 1 rings (SSSR count). The lowest BCUT2D eigenvalue weighted by Gasteiger charge is -2.11. The fourth-order valence-electron chi connectivity index (χ4n) is 1.42. The molecule has 3 nitrogen and oxygen atoms in total. The highest BCUT2D eigenvalue weighted by Crippen LogP contribution is 2.27. The van der Waals surface area contributed by atoms with Crippen LogP contribution in [-0.4, -0.2) is 31.9 Å². The Morgan fingerprint density at radius 1 is 1.31 bits per heavy atom. The van der Waals surface area contributed by atoms with Crippen molar-refractivity contribution < 1.29 is 4.74 Å². The maximum absolute atomic E-state index is 5.29. The van der Waals surface area contributed by atoms with Gasteiger partial charge in [0.25, 0.3) is 0 Å². The smallest absolute Gasteiger partial charge is 0.123 e. The highest BCUT2D eigenvalue weighted by molar-refractivity contribution is 5.64. The number of nitrogens with zero attached hydrogens (tertiary/aromatic N) is 2. The molecule has 0 aliphatic heterocycles. The average molecular weight is 220 g/mol. The van der Waals surface area contributed by atoms with Crippen LogP contribution in [0.5, 0.6) is 5.75 Å². The second kappa shape index (κ2) is 5.54. The minimum Gasteiger partial charge on any atom is -0.496 e. The minimum absolute atomic E-state index is 0.886. The summed E-state index contributed by atoms with van der Waals surface area (Å²) < 4.78 is 5.29. The van der Waals surface area contributed by atoms with E-state index in [2.05, 4.69) is 24.9 Å². The molecule has 0 fully saturated rings. The van der Waals surface area contributed by atoms with E-state index >= 15 is 0 Å². The van der Waals surface area contributed by atoms with Crippen LogP contribution >= 0.6 is 0 Å². The first-order chi connectivity index (χ1) is 7.58. The minimum atomic E-state index is 0.886. The van der Waals surface area contributed by atoms with Crippen molar-refractivity contribution in [3.8, 4) is 5.75 Å². The fourth-order valence-corrected chi connectivity index (χ4v) is 1.42. The lowest BCUT2D eigenvalue weighted by atomic mass is 10.1. The third-order valence-corrected chi connectivity index (χ3v) is 2.61. The molecule has 0 spiro atoms. The molecular formula is C13H20N2O. The second-order valence-electron chi connectivity index (χ2n) is 3.93. The van der Waals surface area contributed by atoms with Crippen LogP contribution in [0.2, 0.25) is 0 Å². The van der Waals surface area contributed by atoms with E-state index in [-0.39, 0.29) is 0 Å². The summed E-state index contributed by atoms with van der Waals surface area (Å²) in [5.41, 5.74) is 3.27. The molecule has 0 amide bonds. The summed E-state index contributed by atoms with van der Waals surface area (Å²) in [6.45, 7) is 7.14. The summed E-state index contributed by atoms with van der Waals surface area (Å²) in [5.74, 6) is 0.886. The van der Waals surface area contributed by atoms with Gasteiger partial charge in [0, 0.05) is 19.7 Å². The highest BCUT2D eigenvalue weighted by atomic mass is 16.5. The molecule has 0 aliphatic rings. The topological polar surface area (TPSA) is 24.8 Å². The molecule has 0 atom stereocenters. The van der Waals surface area contributed by atoms with Crippen molar-refractivity contribution >= 4 is 12.0 Å². The van der Waals surface area contributed by atoms with Crippen molar-refractivity contribution in [2.75, 3.05) is 20.7 Å². The van der Waals surface area contributed by atoms with Crippen molar-refractivity contribution in [2.24, 2.45) is 4.99 Å². The SMILES string of the molecule is CCN(C)C=Nc1cc(OC)c(C)cc1C. The van der Waals surface area contributed by atoms with Crippen molar-refractivity contribution in [3.05, 3.63) is 23.3 Å². The monoisotopic (exact) mass is 220 g/mol. The van der Waals surface area contributed by atoms with Gasteiger partial charge < -0.3 is 9.64 Å². The molecule has 0 aliphatic carbocycles. The van der Waals surface area contributed by atoms with E-state index in [1.807, 2.05) is 31.3 Å². The van der Waals surface area contributed by atoms with Gasteiger partial charge >= 0.3 is 0 Å². The largest absolute Gasteiger partial charge is 0.496 e. The van der Waals surface area contributed by atoms with Crippen molar-refractivity contribution in [1.29, 1.82) is 0 Å². The van der Waals surface area contributed by atoms with E-state index in [1.54, 1.807) is 7.11 Å². The zero-order valence-electron chi connectivity index (χ0n) is 10.7. The second-order valence-corrected chi connectivity index (χ2v) is 3.93. The Labute approximate surface area is 97.8 Å². The van der Waals surface area contributed by atoms with E-state index < -0.39 is 0 Å². The molecule has 0 unspecified atom stereocenters. The van der Waals surface area contributed by atoms with Gasteiger partial charge in [-0.1, -0.05) is 6.07 Å². The molecule has 0 bridgehead atoms. The number of hydrogen-bond acceptors (Lipinski definition) is 2. The van der Waals surface area contributed by atoms with Gasteiger partial charge in [-0.3, -0.25) is 0 Å². The molecule has 0 aromatic heterocycles. The lowest BCUT2D eigenvalue weighted by molar-refractivity contribution is 0.412. The van der Waals surface area contributed by atoms with E-state index in [0.29, 0.717) is 0 Å². The van der Waals surface area contributed by atoms with Crippen LogP contribution in [0.4, 0.5) is 5.69 Å². The van der Waals surface area contributed by atoms with Gasteiger partial charge in [0.1, 0.15) is 5.75 Å². The summed E-state index contributed by atoms with van der Waals surface area (Å²) in [4.78, 5) is 6.48. The van der Waals surface area contributed by atoms with Crippen LogP contribution in [-0.2, 0) is 0 Å². The molecule has 1 aromatic rings. The summed E-state index contributed by atoms with van der Waals surface area (Å²) in [5, 5.41) is 0. The molecule has 0 heterocycles. The van der Waals surface area contributed by atoms with Crippen molar-refractivity contribution in [1.82, 2.24) is 4.90 Å². The number of aryl methyl sites for hydroxylation is 2. The zero-order chi connectivity index (χ0) is 12.1. The third-order valence-electron chi connectivity index (χ3n) is 2.61. The summed E-state index contributed by atoms with van der Waals surface area (Å²) in [7, 11) is 3.69. The molecule has 0 saturated heterocycles. The van der Waals surface area contributed by atoms with Crippen molar-refractivity contribution in [3.63, 3.8) is 0 Å². The average Bonchev–Trinajstić information content (AvgIpc) is 2.27. The number of aliphatic imine (C=N–C) groups is 1. The number of benzene rings is 1. The van der Waals surface area contributed by atoms with Crippen LogP contribution in [0.3, 0.4) is 0 Å². The fraction of sp³-hybridized carbons (Fsp3) is 0.462. The molecule has 16 heavy (non-hydrogen) atoms. The van der Waals surface area contributed by atoms with E-state index in [1.165, 1.54) is 5.56 Å². The summed E-state index contributed by atoms with van der Waals surface area (Å²) >= 11 is 0. The van der Waals surface area contributed by atoms with Crippen LogP contribution in [0.1, 0.15) is 18.1 Å². The lowest BCUT2D eigenvalue weighted by Crippen LogP contribution is -2.14. The molecule has 0 saturated carbocycles. The van der Waals surface area contributed by atoms with E-state index in [9.17, 15) is 0 Å². The van der Waals surface area contributed by atoms with Crippen molar-refractivity contribution in [2.45, 2.75) is 20.8 Å². The summed E-state index contributed by atoms with van der Waals surface area (Å²) in [6.07, 6.45) is 1.84. The van der Waals surface area contributed by atoms with Gasteiger partial charge in [0.2, 0.25) is 0 Å². The standard InChI is InChI=1S/C13H20N2O/c1-6-15(4)9-14-12-8-13(16-5)11(3)7-10(12)2/h7-9H,6H2,1-5H3. The van der Waals surface area contributed by atoms with Crippen LogP contribution < -0.4 is 4.74 Å². The predicted octanol–water partition coefficient (Wildman–Crippen LogP) is 2.92. The van der Waals surface area contributed by atoms with Gasteiger partial charge in [-0.2, -0.15) is 0 Å². The summed E-state index contributed by atoms with van der Waals surface area (Å²) in [6, 6.07) is 4.07. The van der Waals surface area contributed by atoms with E-state index in [4.69, 9.17) is 4.74 Å². The number of ether oxygens (including phenoxy) is 1. The predicted molar refractivity (Wildman–Crippen MR) is 68.9 cm³/mol. The Hall–Kier alpha value is -1.51. The Bertz CT molecular complexity index is 386.